The van der Waals surface area contributed by atoms with Crippen LogP contribution in [0.2, 0.25) is 0 Å². The van der Waals surface area contributed by atoms with Gasteiger partial charge >= 0.3 is 0 Å². The van der Waals surface area contributed by atoms with Crippen molar-refractivity contribution in [1.82, 2.24) is 5.43 Å². The molecule has 0 aliphatic rings. The molecule has 3 aromatic rings. The Balaban J connectivity index is 1.33. The van der Waals surface area contributed by atoms with E-state index in [-0.39, 0.29) is 24.7 Å². The lowest BCUT2D eigenvalue weighted by molar-refractivity contribution is -0.121. The fourth-order valence-corrected chi connectivity index (χ4v) is 3.22. The summed E-state index contributed by atoms with van der Waals surface area (Å²) in [6, 6.07) is 24.8. The summed E-state index contributed by atoms with van der Waals surface area (Å²) in [5.41, 5.74) is 5.14. The van der Waals surface area contributed by atoms with Crippen molar-refractivity contribution in [2.24, 2.45) is 5.10 Å². The number of hydrogen-bond donors (Lipinski definition) is 2. The van der Waals surface area contributed by atoms with Crippen molar-refractivity contribution in [1.29, 1.82) is 0 Å². The van der Waals surface area contributed by atoms with E-state index in [1.807, 2.05) is 78.9 Å². The van der Waals surface area contributed by atoms with Gasteiger partial charge in [-0.1, -0.05) is 52.3 Å². The molecule has 32 heavy (non-hydrogen) atoms. The maximum Gasteiger partial charge on any atom is 0.240 e. The number of ether oxygens (including phenoxy) is 1. The molecule has 164 valence electrons. The van der Waals surface area contributed by atoms with Crippen LogP contribution in [0, 0.1) is 0 Å². The van der Waals surface area contributed by atoms with Crippen molar-refractivity contribution in [2.45, 2.75) is 25.9 Å². The fraction of sp³-hybridized carbons (Fsp3) is 0.160. The first-order chi connectivity index (χ1) is 15.6. The summed E-state index contributed by atoms with van der Waals surface area (Å²) in [6.45, 7) is 0.505. The average Bonchev–Trinajstić information content (AvgIpc) is 2.79. The van der Waals surface area contributed by atoms with Crippen molar-refractivity contribution in [3.8, 4) is 5.75 Å². The Labute approximate surface area is 195 Å². The lowest BCUT2D eigenvalue weighted by Crippen LogP contribution is -2.18. The molecule has 6 nitrogen and oxygen atoms in total. The predicted octanol–water partition coefficient (Wildman–Crippen LogP) is 5.29. The van der Waals surface area contributed by atoms with E-state index in [4.69, 9.17) is 4.74 Å². The van der Waals surface area contributed by atoms with Gasteiger partial charge in [0.05, 0.1) is 6.21 Å². The molecule has 0 bridgehead atoms. The van der Waals surface area contributed by atoms with Gasteiger partial charge in [0.25, 0.3) is 0 Å². The van der Waals surface area contributed by atoms with E-state index in [1.54, 1.807) is 6.21 Å². The molecule has 0 fully saturated rings. The van der Waals surface area contributed by atoms with Gasteiger partial charge in [-0.25, -0.2) is 5.43 Å². The van der Waals surface area contributed by atoms with Crippen molar-refractivity contribution in [3.05, 3.63) is 94.5 Å². The van der Waals surface area contributed by atoms with Gasteiger partial charge in [0.15, 0.2) is 0 Å². The van der Waals surface area contributed by atoms with E-state index < -0.39 is 0 Å². The molecule has 2 N–H and O–H groups in total. The Morgan fingerprint density at radius 3 is 2.41 bits per heavy atom. The number of amides is 2. The van der Waals surface area contributed by atoms with E-state index in [0.717, 1.165) is 27.0 Å². The van der Waals surface area contributed by atoms with Crippen LogP contribution in [0.15, 0.2) is 88.4 Å². The molecular formula is C25H24BrN3O3. The molecule has 0 heterocycles. The SMILES string of the molecule is O=C(CCCC(=O)Nc1cccc(Br)c1)N/N=C\c1ccc(OCc2ccccc2)cc1. The number of hydrogen-bond acceptors (Lipinski definition) is 4. The summed E-state index contributed by atoms with van der Waals surface area (Å²) >= 11 is 3.36. The van der Waals surface area contributed by atoms with Gasteiger partial charge in [0, 0.05) is 23.0 Å². The van der Waals surface area contributed by atoms with Crippen LogP contribution in [0.4, 0.5) is 5.69 Å². The molecule has 0 atom stereocenters. The predicted molar refractivity (Wildman–Crippen MR) is 130 cm³/mol. The standard InChI is InChI=1S/C25H24BrN3O3/c26-21-8-4-9-22(16-21)28-24(30)10-5-11-25(31)29-27-17-19-12-14-23(15-13-19)32-18-20-6-2-1-3-7-20/h1-4,6-9,12-17H,5,10-11,18H2,(H,28,30)(H,29,31)/b27-17-. The van der Waals surface area contributed by atoms with Gasteiger partial charge in [0.1, 0.15) is 12.4 Å². The molecule has 0 aliphatic carbocycles. The van der Waals surface area contributed by atoms with E-state index in [0.29, 0.717) is 13.0 Å². The lowest BCUT2D eigenvalue weighted by Gasteiger charge is -2.06. The van der Waals surface area contributed by atoms with Crippen molar-refractivity contribution in [2.75, 3.05) is 5.32 Å². The van der Waals surface area contributed by atoms with Gasteiger partial charge in [-0.2, -0.15) is 5.10 Å². The van der Waals surface area contributed by atoms with Crippen LogP contribution in [0.25, 0.3) is 0 Å². The van der Waals surface area contributed by atoms with Crippen LogP contribution in [0.5, 0.6) is 5.75 Å². The van der Waals surface area contributed by atoms with Crippen LogP contribution in [-0.2, 0) is 16.2 Å². The Kier molecular flexibility index (Phi) is 9.01. The fourth-order valence-electron chi connectivity index (χ4n) is 2.82. The molecule has 3 rings (SSSR count). The Hall–Kier alpha value is -3.45. The summed E-state index contributed by atoms with van der Waals surface area (Å²) in [6.07, 6.45) is 2.48. The van der Waals surface area contributed by atoms with Gasteiger partial charge < -0.3 is 10.1 Å². The second-order valence-corrected chi connectivity index (χ2v) is 7.96. The topological polar surface area (TPSA) is 79.8 Å². The molecule has 0 aliphatic heterocycles. The van der Waals surface area contributed by atoms with Crippen LogP contribution < -0.4 is 15.5 Å². The molecule has 0 radical (unpaired) electrons. The maximum atomic E-state index is 12.0. The largest absolute Gasteiger partial charge is 0.489 e. The van der Waals surface area contributed by atoms with Gasteiger partial charge in [-0.05, 0) is 60.0 Å². The highest BCUT2D eigenvalue weighted by atomic mass is 79.9. The minimum Gasteiger partial charge on any atom is -0.489 e. The summed E-state index contributed by atoms with van der Waals surface area (Å²) in [4.78, 5) is 23.9. The minimum absolute atomic E-state index is 0.131. The monoisotopic (exact) mass is 493 g/mol. The van der Waals surface area contributed by atoms with Crippen LogP contribution in [0.1, 0.15) is 30.4 Å². The number of hydrazone groups is 1. The quantitative estimate of drug-likeness (QED) is 0.297. The summed E-state index contributed by atoms with van der Waals surface area (Å²) in [5.74, 6) is 0.393. The second kappa shape index (κ2) is 12.4. The molecule has 2 amide bonds. The maximum absolute atomic E-state index is 12.0. The number of nitrogens with zero attached hydrogens (tertiary/aromatic N) is 1. The third kappa shape index (κ3) is 8.35. The zero-order valence-electron chi connectivity index (χ0n) is 17.5. The zero-order valence-corrected chi connectivity index (χ0v) is 19.0. The number of halogens is 1. The molecular weight excluding hydrogens is 470 g/mol. The van der Waals surface area contributed by atoms with E-state index in [1.165, 1.54) is 0 Å². The summed E-state index contributed by atoms with van der Waals surface area (Å²) in [7, 11) is 0. The smallest absolute Gasteiger partial charge is 0.240 e. The molecule has 7 heteroatoms. The van der Waals surface area contributed by atoms with Gasteiger partial charge in [-0.15, -0.1) is 0 Å². The van der Waals surface area contributed by atoms with Crippen LogP contribution in [-0.4, -0.2) is 18.0 Å². The van der Waals surface area contributed by atoms with Gasteiger partial charge in [-0.3, -0.25) is 9.59 Å². The molecule has 0 saturated carbocycles. The molecule has 0 spiro atoms. The molecule has 0 unspecified atom stereocenters. The normalized spacial score (nSPS) is 10.7. The van der Waals surface area contributed by atoms with Crippen molar-refractivity contribution < 1.29 is 14.3 Å². The van der Waals surface area contributed by atoms with Crippen molar-refractivity contribution >= 4 is 39.6 Å². The van der Waals surface area contributed by atoms with E-state index in [2.05, 4.69) is 31.8 Å². The van der Waals surface area contributed by atoms with E-state index in [9.17, 15) is 9.59 Å². The molecule has 0 saturated heterocycles. The number of anilines is 1. The third-order valence-electron chi connectivity index (χ3n) is 4.45. The average molecular weight is 494 g/mol. The van der Waals surface area contributed by atoms with E-state index >= 15 is 0 Å². The Morgan fingerprint density at radius 2 is 1.66 bits per heavy atom. The highest BCUT2D eigenvalue weighted by molar-refractivity contribution is 9.10. The zero-order chi connectivity index (χ0) is 22.6. The van der Waals surface area contributed by atoms with Crippen molar-refractivity contribution in [3.63, 3.8) is 0 Å². The Morgan fingerprint density at radius 1 is 0.906 bits per heavy atom. The van der Waals surface area contributed by atoms with Gasteiger partial charge in [0.2, 0.25) is 11.8 Å². The lowest BCUT2D eigenvalue weighted by atomic mass is 10.2. The summed E-state index contributed by atoms with van der Waals surface area (Å²) in [5, 5.41) is 6.77. The second-order valence-electron chi connectivity index (χ2n) is 7.05. The number of benzene rings is 3. The summed E-state index contributed by atoms with van der Waals surface area (Å²) < 4.78 is 6.64. The number of nitrogens with one attached hydrogen (secondary N) is 2. The first kappa shape index (κ1) is 23.2. The third-order valence-corrected chi connectivity index (χ3v) is 4.94. The molecule has 3 aromatic carbocycles. The first-order valence-corrected chi connectivity index (χ1v) is 11.0. The number of carbonyl (C=O) groups excluding carboxylic acids is 2. The highest BCUT2D eigenvalue weighted by Gasteiger charge is 2.05. The first-order valence-electron chi connectivity index (χ1n) is 10.2. The molecule has 0 aromatic heterocycles. The van der Waals surface area contributed by atoms with Crippen LogP contribution >= 0.6 is 15.9 Å². The van der Waals surface area contributed by atoms with Crippen LogP contribution in [0.3, 0.4) is 0 Å². The Bertz CT molecular complexity index is 1050. The minimum atomic E-state index is -0.237. The number of rotatable bonds is 10. The highest BCUT2D eigenvalue weighted by Crippen LogP contribution is 2.16. The number of carbonyl (C=O) groups is 2.